The fraction of sp³-hybridized carbons (Fsp3) is 0.389. The van der Waals surface area contributed by atoms with Crippen LogP contribution in [0.3, 0.4) is 0 Å². The van der Waals surface area contributed by atoms with Gasteiger partial charge < -0.3 is 14.6 Å². The molecule has 0 saturated carbocycles. The Morgan fingerprint density at radius 1 is 1.23 bits per heavy atom. The Labute approximate surface area is 171 Å². The van der Waals surface area contributed by atoms with Gasteiger partial charge in [0.15, 0.2) is 5.82 Å². The Bertz CT molecular complexity index is 975. The largest absolute Gasteiger partial charge is 0.404 e. The maximum Gasteiger partial charge on any atom is 0.404 e. The lowest BCUT2D eigenvalue weighted by Crippen LogP contribution is -2.43. The summed E-state index contributed by atoms with van der Waals surface area (Å²) in [5.41, 5.74) is -0.283. The number of benzene rings is 1. The van der Waals surface area contributed by atoms with Crippen LogP contribution >= 0.6 is 0 Å². The Hall–Kier alpha value is -2.44. The van der Waals surface area contributed by atoms with Crippen molar-refractivity contribution >= 4 is 21.6 Å². The highest BCUT2D eigenvalue weighted by atomic mass is 32.2. The molecule has 0 fully saturated rings. The predicted molar refractivity (Wildman–Crippen MR) is 101 cm³/mol. The number of aryl methyl sites for hydroxylation is 1. The maximum absolute atomic E-state index is 15.0. The smallest absolute Gasteiger partial charge is 0.385 e. The highest BCUT2D eigenvalue weighted by molar-refractivity contribution is 7.89. The number of anilines is 1. The number of carbonyl (C=O) groups excluding carboxylic acids is 1. The van der Waals surface area contributed by atoms with E-state index in [9.17, 15) is 30.8 Å². The first-order valence-corrected chi connectivity index (χ1v) is 10.3. The monoisotopic (exact) mass is 451 g/mol. The highest BCUT2D eigenvalue weighted by Crippen LogP contribution is 2.26. The molecule has 0 aliphatic rings. The number of ether oxygens (including phenoxy) is 1. The van der Waals surface area contributed by atoms with Crippen LogP contribution in [0.25, 0.3) is 0 Å². The van der Waals surface area contributed by atoms with Crippen LogP contribution in [0.15, 0.2) is 41.4 Å². The second-order valence-electron chi connectivity index (χ2n) is 6.40. The first-order valence-electron chi connectivity index (χ1n) is 8.80. The third-order valence-electron chi connectivity index (χ3n) is 4.09. The summed E-state index contributed by atoms with van der Waals surface area (Å²) in [6.07, 6.45) is -3.75. The molecule has 2 N–H and O–H groups in total. The van der Waals surface area contributed by atoms with Crippen molar-refractivity contribution in [1.82, 2.24) is 9.29 Å². The molecule has 0 radical (unpaired) electrons. The Balaban J connectivity index is 2.42. The van der Waals surface area contributed by atoms with Crippen molar-refractivity contribution in [3.63, 3.8) is 0 Å². The standard InChI is InChI=1S/C18H21F4N3O4S/c1-12(18(20,21)22)24-30(27,28)14-11-25(9-6-10-29-2)16(15(14)19)17(26)23-13-7-4-3-5-8-13/h3-5,7-8,11-12,24H,6,9-10H2,1-2H3,(H,23,26)/t12-/m1/s1. The lowest BCUT2D eigenvalue weighted by molar-refractivity contribution is -0.147. The number of hydrogen-bond acceptors (Lipinski definition) is 4. The zero-order valence-corrected chi connectivity index (χ0v) is 17.0. The normalized spacial score (nSPS) is 13.3. The average molecular weight is 451 g/mol. The quantitative estimate of drug-likeness (QED) is 0.453. The molecule has 0 unspecified atom stereocenters. The van der Waals surface area contributed by atoms with Gasteiger partial charge in [0.25, 0.3) is 5.91 Å². The van der Waals surface area contributed by atoms with Crippen molar-refractivity contribution in [3.05, 3.63) is 48.0 Å². The van der Waals surface area contributed by atoms with E-state index in [-0.39, 0.29) is 13.2 Å². The van der Waals surface area contributed by atoms with Crippen LogP contribution in [0, 0.1) is 5.82 Å². The van der Waals surface area contributed by atoms with Gasteiger partial charge in [0.2, 0.25) is 10.0 Å². The Morgan fingerprint density at radius 3 is 2.43 bits per heavy atom. The first-order chi connectivity index (χ1) is 14.0. The molecule has 1 aromatic heterocycles. The van der Waals surface area contributed by atoms with Gasteiger partial charge in [-0.25, -0.2) is 12.8 Å². The minimum absolute atomic E-state index is 0.00659. The molecule has 1 atom stereocenters. The van der Waals surface area contributed by atoms with E-state index in [0.717, 1.165) is 10.8 Å². The molecule has 0 aliphatic carbocycles. The van der Waals surface area contributed by atoms with Crippen molar-refractivity contribution in [3.8, 4) is 0 Å². The number of nitrogens with one attached hydrogen (secondary N) is 2. The number of methoxy groups -OCH3 is 1. The van der Waals surface area contributed by atoms with Gasteiger partial charge in [-0.15, -0.1) is 0 Å². The predicted octanol–water partition coefficient (Wildman–Crippen LogP) is 3.15. The summed E-state index contributed by atoms with van der Waals surface area (Å²) in [7, 11) is -3.46. The van der Waals surface area contributed by atoms with E-state index in [4.69, 9.17) is 4.74 Å². The minimum atomic E-state index is -4.89. The first kappa shape index (κ1) is 23.8. The van der Waals surface area contributed by atoms with Crippen LogP contribution in [0.2, 0.25) is 0 Å². The van der Waals surface area contributed by atoms with Crippen LogP contribution in [-0.2, 0) is 21.3 Å². The van der Waals surface area contributed by atoms with E-state index in [2.05, 4.69) is 5.32 Å². The number of para-hydroxylation sites is 1. The van der Waals surface area contributed by atoms with Gasteiger partial charge in [0.1, 0.15) is 16.6 Å². The van der Waals surface area contributed by atoms with Gasteiger partial charge in [0.05, 0.1) is 0 Å². The summed E-state index contributed by atoms with van der Waals surface area (Å²) in [4.78, 5) is 11.6. The summed E-state index contributed by atoms with van der Waals surface area (Å²) in [5.74, 6) is -2.39. The number of amides is 1. The van der Waals surface area contributed by atoms with Gasteiger partial charge in [0, 0.05) is 32.1 Å². The number of rotatable bonds is 9. The van der Waals surface area contributed by atoms with Crippen LogP contribution in [-0.4, -0.2) is 44.8 Å². The van der Waals surface area contributed by atoms with Gasteiger partial charge >= 0.3 is 6.18 Å². The molecule has 0 bridgehead atoms. The molecule has 1 heterocycles. The molecule has 1 amide bonds. The molecule has 166 valence electrons. The minimum Gasteiger partial charge on any atom is -0.385 e. The molecule has 30 heavy (non-hydrogen) atoms. The number of sulfonamides is 1. The summed E-state index contributed by atoms with van der Waals surface area (Å²) in [5, 5.41) is 2.43. The van der Waals surface area contributed by atoms with E-state index < -0.39 is 44.6 Å². The number of alkyl halides is 3. The van der Waals surface area contributed by atoms with Crippen LogP contribution in [0.5, 0.6) is 0 Å². The van der Waals surface area contributed by atoms with Gasteiger partial charge in [-0.3, -0.25) is 4.79 Å². The summed E-state index contributed by atoms with van der Waals surface area (Å²) >= 11 is 0. The maximum atomic E-state index is 15.0. The zero-order valence-electron chi connectivity index (χ0n) is 16.2. The number of aromatic nitrogens is 1. The van der Waals surface area contributed by atoms with Gasteiger partial charge in [-0.2, -0.15) is 17.9 Å². The zero-order chi connectivity index (χ0) is 22.5. The summed E-state index contributed by atoms with van der Waals surface area (Å²) in [6.45, 7) is 0.839. The van der Waals surface area contributed by atoms with Crippen molar-refractivity contribution in [2.24, 2.45) is 0 Å². The molecule has 2 rings (SSSR count). The van der Waals surface area contributed by atoms with Gasteiger partial charge in [-0.1, -0.05) is 18.2 Å². The van der Waals surface area contributed by atoms with E-state index in [0.29, 0.717) is 19.0 Å². The van der Waals surface area contributed by atoms with Crippen LogP contribution < -0.4 is 10.0 Å². The lowest BCUT2D eigenvalue weighted by atomic mass is 10.3. The van der Waals surface area contributed by atoms with E-state index in [1.54, 1.807) is 18.2 Å². The molecule has 1 aromatic carbocycles. The molecule has 0 spiro atoms. The average Bonchev–Trinajstić information content (AvgIpc) is 2.99. The summed E-state index contributed by atoms with van der Waals surface area (Å²) in [6, 6.07) is 5.59. The number of carbonyl (C=O) groups is 1. The molecular formula is C18H21F4N3O4S. The second kappa shape index (κ2) is 9.58. The molecule has 7 nitrogen and oxygen atoms in total. The second-order valence-corrected chi connectivity index (χ2v) is 8.08. The number of nitrogens with zero attached hydrogens (tertiary/aromatic N) is 1. The third-order valence-corrected chi connectivity index (χ3v) is 5.62. The van der Waals surface area contributed by atoms with Crippen molar-refractivity contribution in [2.45, 2.75) is 37.0 Å². The molecule has 2 aromatic rings. The topological polar surface area (TPSA) is 89.4 Å². The van der Waals surface area contributed by atoms with Crippen molar-refractivity contribution in [2.75, 3.05) is 19.0 Å². The van der Waals surface area contributed by atoms with E-state index in [1.807, 2.05) is 0 Å². The van der Waals surface area contributed by atoms with E-state index in [1.165, 1.54) is 24.0 Å². The molecule has 0 saturated heterocycles. The fourth-order valence-corrected chi connectivity index (χ4v) is 3.88. The lowest BCUT2D eigenvalue weighted by Gasteiger charge is -2.16. The van der Waals surface area contributed by atoms with Crippen molar-refractivity contribution < 1.29 is 35.5 Å². The molecule has 0 aliphatic heterocycles. The molecule has 12 heteroatoms. The molecular weight excluding hydrogens is 430 g/mol. The van der Waals surface area contributed by atoms with Crippen molar-refractivity contribution in [1.29, 1.82) is 0 Å². The Kier molecular flexibility index (Phi) is 7.61. The number of hydrogen-bond donors (Lipinski definition) is 2. The SMILES string of the molecule is COCCCn1cc(S(=O)(=O)N[C@H](C)C(F)(F)F)c(F)c1C(=O)Nc1ccccc1. The number of halogens is 4. The Morgan fingerprint density at radius 2 is 1.87 bits per heavy atom. The van der Waals surface area contributed by atoms with E-state index >= 15 is 0 Å². The van der Waals surface area contributed by atoms with Crippen LogP contribution in [0.4, 0.5) is 23.2 Å². The summed E-state index contributed by atoms with van der Waals surface area (Å²) < 4.78 is 85.3. The fourth-order valence-electron chi connectivity index (χ4n) is 2.55. The highest BCUT2D eigenvalue weighted by Gasteiger charge is 2.40. The third kappa shape index (κ3) is 5.80. The van der Waals surface area contributed by atoms with Crippen LogP contribution in [0.1, 0.15) is 23.8 Å². The van der Waals surface area contributed by atoms with Gasteiger partial charge in [-0.05, 0) is 25.5 Å².